The average Bonchev–Trinajstić information content (AvgIpc) is 2.58. The van der Waals surface area contributed by atoms with Crippen molar-refractivity contribution < 1.29 is 9.16 Å². The third-order valence-electron chi connectivity index (χ3n) is 5.44. The van der Waals surface area contributed by atoms with Crippen molar-refractivity contribution in [1.82, 2.24) is 0 Å². The van der Waals surface area contributed by atoms with Crippen molar-refractivity contribution in [2.45, 2.75) is 69.9 Å². The highest BCUT2D eigenvalue weighted by molar-refractivity contribution is 7.99. The summed E-state index contributed by atoms with van der Waals surface area (Å²) < 4.78 is 12.2. The van der Waals surface area contributed by atoms with Crippen LogP contribution < -0.4 is 0 Å². The summed E-state index contributed by atoms with van der Waals surface area (Å²) >= 11 is 1.83. The highest BCUT2D eigenvalue weighted by Gasteiger charge is 2.42. The minimum atomic E-state index is -2.00. The Labute approximate surface area is 165 Å². The smallest absolute Gasteiger partial charge is 0.193 e. The van der Waals surface area contributed by atoms with Crippen molar-refractivity contribution in [3.63, 3.8) is 0 Å². The molecule has 5 heteroatoms. The van der Waals surface area contributed by atoms with Crippen LogP contribution in [0.4, 0.5) is 0 Å². The molecule has 0 aliphatic heterocycles. The average molecular weight is 394 g/mol. The molecule has 0 amide bonds. The molecule has 0 aliphatic carbocycles. The summed E-state index contributed by atoms with van der Waals surface area (Å²) in [4.78, 5) is 1.26. The maximum Gasteiger partial charge on any atom is 0.193 e. The fraction of sp³-hybridized carbons (Fsp3) is 0.667. The fourth-order valence-electron chi connectivity index (χ4n) is 2.72. The van der Waals surface area contributed by atoms with Gasteiger partial charge in [0.25, 0.3) is 0 Å². The second kappa shape index (κ2) is 9.94. The molecule has 3 nitrogen and oxygen atoms in total. The quantitative estimate of drug-likeness (QED) is 0.382. The maximum atomic E-state index is 9.75. The van der Waals surface area contributed by atoms with Crippen LogP contribution in [0.2, 0.25) is 18.1 Å². The minimum Gasteiger partial charge on any atom is -0.401 e. The summed E-state index contributed by atoms with van der Waals surface area (Å²) in [7, 11) is -0.258. The van der Waals surface area contributed by atoms with Gasteiger partial charge in [0.2, 0.25) is 0 Å². The van der Waals surface area contributed by atoms with Crippen LogP contribution in [0.3, 0.4) is 0 Å². The summed E-state index contributed by atoms with van der Waals surface area (Å²) in [6.45, 7) is 15.3. The van der Waals surface area contributed by atoms with Gasteiger partial charge >= 0.3 is 0 Å². The summed E-state index contributed by atoms with van der Waals surface area (Å²) in [6, 6.07) is 12.8. The molecule has 0 radical (unpaired) electrons. The third kappa shape index (κ3) is 6.42. The number of ether oxygens (including phenoxy) is 1. The van der Waals surface area contributed by atoms with Gasteiger partial charge in [-0.2, -0.15) is 5.26 Å². The molecule has 1 aromatic carbocycles. The number of hydrogen-bond acceptors (Lipinski definition) is 4. The number of methoxy groups -OCH3 is 1. The summed E-state index contributed by atoms with van der Waals surface area (Å²) in [5.41, 5.74) is 0. The zero-order chi connectivity index (χ0) is 20.0. The van der Waals surface area contributed by atoms with Crippen molar-refractivity contribution in [2.75, 3.05) is 12.9 Å². The van der Waals surface area contributed by atoms with Crippen LogP contribution in [0, 0.1) is 23.2 Å². The summed E-state index contributed by atoms with van der Waals surface area (Å²) in [5.74, 6) is 1.29. The normalized spacial score (nSPS) is 17.2. The first-order chi connectivity index (χ1) is 12.0. The first-order valence-electron chi connectivity index (χ1n) is 9.31. The van der Waals surface area contributed by atoms with Gasteiger partial charge in [0.05, 0.1) is 12.2 Å². The third-order valence-corrected chi connectivity index (χ3v) is 11.2. The Morgan fingerprint density at radius 1 is 1.15 bits per heavy atom. The van der Waals surface area contributed by atoms with Gasteiger partial charge in [-0.25, -0.2) is 0 Å². The molecule has 0 spiro atoms. The highest BCUT2D eigenvalue weighted by atomic mass is 32.2. The first kappa shape index (κ1) is 23.2. The zero-order valence-electron chi connectivity index (χ0n) is 17.6. The molecule has 0 N–H and O–H groups in total. The molecule has 0 fully saturated rings. The van der Waals surface area contributed by atoms with E-state index in [0.29, 0.717) is 5.92 Å². The molecule has 1 rings (SSSR count). The van der Waals surface area contributed by atoms with Gasteiger partial charge in [-0.05, 0) is 36.2 Å². The van der Waals surface area contributed by atoms with Crippen LogP contribution in [-0.4, -0.2) is 33.4 Å². The van der Waals surface area contributed by atoms with E-state index in [2.05, 4.69) is 78.0 Å². The van der Waals surface area contributed by atoms with E-state index < -0.39 is 14.4 Å². The molecule has 146 valence electrons. The predicted octanol–water partition coefficient (Wildman–Crippen LogP) is 5.98. The first-order valence-corrected chi connectivity index (χ1v) is 13.2. The molecular formula is C21H35NO2SSi. The Balaban J connectivity index is 2.78. The molecule has 0 aliphatic rings. The molecular weight excluding hydrogens is 358 g/mol. The number of nitriles is 1. The van der Waals surface area contributed by atoms with E-state index in [9.17, 15) is 5.26 Å². The largest absolute Gasteiger partial charge is 0.401 e. The second-order valence-corrected chi connectivity index (χ2v) is 14.4. The topological polar surface area (TPSA) is 42.2 Å². The van der Waals surface area contributed by atoms with Crippen LogP contribution >= 0.6 is 11.8 Å². The molecule has 0 heterocycles. The van der Waals surface area contributed by atoms with E-state index in [4.69, 9.17) is 9.16 Å². The number of thioether (sulfide) groups is 1. The molecule has 4 atom stereocenters. The van der Waals surface area contributed by atoms with Gasteiger partial charge in [0.15, 0.2) is 8.32 Å². The van der Waals surface area contributed by atoms with Gasteiger partial charge in [0.1, 0.15) is 6.10 Å². The predicted molar refractivity (Wildman–Crippen MR) is 114 cm³/mol. The van der Waals surface area contributed by atoms with Crippen molar-refractivity contribution in [2.24, 2.45) is 11.8 Å². The SMILES string of the molecule is CO[C@@H]([C@H](C)[C@@H](C#N)O[Si](C)(C)C(C)(C)C)[C@@H](C)CSc1ccccc1. The Hall–Kier alpha value is -0.803. The molecule has 0 saturated carbocycles. The zero-order valence-corrected chi connectivity index (χ0v) is 19.4. The van der Waals surface area contributed by atoms with Crippen LogP contribution in [-0.2, 0) is 9.16 Å². The lowest BCUT2D eigenvalue weighted by atomic mass is 9.90. The van der Waals surface area contributed by atoms with Crippen LogP contribution in [0.5, 0.6) is 0 Å². The van der Waals surface area contributed by atoms with Crippen molar-refractivity contribution >= 4 is 20.1 Å². The standard InChI is InChI=1S/C21H35NO2SSi/c1-16(15-25-18-12-10-9-11-13-18)20(23-6)17(2)19(14-22)24-26(7,8)21(3,4)5/h9-13,16-17,19-20H,15H2,1-8H3/t16-,17+,19+,20+/m0/s1. The van der Waals surface area contributed by atoms with Crippen LogP contribution in [0.1, 0.15) is 34.6 Å². The van der Waals surface area contributed by atoms with Gasteiger partial charge in [-0.3, -0.25) is 0 Å². The maximum absolute atomic E-state index is 9.75. The lowest BCUT2D eigenvalue weighted by molar-refractivity contribution is -0.00939. The van der Waals surface area contributed by atoms with Gasteiger partial charge in [-0.15, -0.1) is 11.8 Å². The number of benzene rings is 1. The minimum absolute atomic E-state index is 0.0133. The molecule has 0 bridgehead atoms. The summed E-state index contributed by atoms with van der Waals surface area (Å²) in [6.07, 6.45) is -0.453. The van der Waals surface area contributed by atoms with Crippen molar-refractivity contribution in [3.05, 3.63) is 30.3 Å². The monoisotopic (exact) mass is 393 g/mol. The Morgan fingerprint density at radius 2 is 1.73 bits per heavy atom. The highest BCUT2D eigenvalue weighted by Crippen LogP contribution is 2.39. The molecule has 0 aromatic heterocycles. The van der Waals surface area contributed by atoms with Gasteiger partial charge in [-0.1, -0.05) is 52.8 Å². The molecule has 0 saturated heterocycles. The molecule has 26 heavy (non-hydrogen) atoms. The van der Waals surface area contributed by atoms with E-state index in [1.807, 2.05) is 17.8 Å². The van der Waals surface area contributed by atoms with E-state index in [-0.39, 0.29) is 17.1 Å². The van der Waals surface area contributed by atoms with Crippen molar-refractivity contribution in [3.8, 4) is 6.07 Å². The lowest BCUT2D eigenvalue weighted by Gasteiger charge is -2.40. The van der Waals surface area contributed by atoms with E-state index in [0.717, 1.165) is 5.75 Å². The second-order valence-electron chi connectivity index (χ2n) is 8.59. The lowest BCUT2D eigenvalue weighted by Crippen LogP contribution is -2.47. The Bertz CT molecular complexity index is 580. The number of hydrogen-bond donors (Lipinski definition) is 0. The van der Waals surface area contributed by atoms with E-state index in [1.165, 1.54) is 4.90 Å². The van der Waals surface area contributed by atoms with Crippen LogP contribution in [0.15, 0.2) is 35.2 Å². The van der Waals surface area contributed by atoms with Gasteiger partial charge in [0, 0.05) is 23.7 Å². The van der Waals surface area contributed by atoms with E-state index >= 15 is 0 Å². The van der Waals surface area contributed by atoms with Crippen LogP contribution in [0.25, 0.3) is 0 Å². The van der Waals surface area contributed by atoms with E-state index in [1.54, 1.807) is 7.11 Å². The fourth-order valence-corrected chi connectivity index (χ4v) is 4.97. The number of nitrogens with zero attached hydrogens (tertiary/aromatic N) is 1. The number of rotatable bonds is 9. The summed E-state index contributed by atoms with van der Waals surface area (Å²) in [5, 5.41) is 9.83. The molecule has 0 unspecified atom stereocenters. The Kier molecular flexibility index (Phi) is 8.88. The molecule has 1 aromatic rings. The van der Waals surface area contributed by atoms with Crippen molar-refractivity contribution in [1.29, 1.82) is 5.26 Å². The van der Waals surface area contributed by atoms with Gasteiger partial charge < -0.3 is 9.16 Å². The Morgan fingerprint density at radius 3 is 2.19 bits per heavy atom.